The van der Waals surface area contributed by atoms with Crippen molar-refractivity contribution in [3.05, 3.63) is 79.7 Å². The van der Waals surface area contributed by atoms with Crippen LogP contribution in [-0.4, -0.2) is 104 Å². The van der Waals surface area contributed by atoms with E-state index < -0.39 is 9.85 Å². The van der Waals surface area contributed by atoms with Crippen LogP contribution >= 0.6 is 15.9 Å². The first kappa shape index (κ1) is 38.7. The Morgan fingerprint density at radius 3 is 1.36 bits per heavy atom. The minimum absolute atomic E-state index is 0.0976. The molecule has 0 aliphatic carbocycles. The number of nitrogens with one attached hydrogen (secondary N) is 1. The molecule has 3 aromatic heterocycles. The van der Waals surface area contributed by atoms with E-state index in [0.717, 1.165) is 88.8 Å². The summed E-state index contributed by atoms with van der Waals surface area (Å²) < 4.78 is 16.5. The van der Waals surface area contributed by atoms with Gasteiger partial charge in [0.05, 0.1) is 61.7 Å². The standard InChI is InChI=1S/C12H15N3O3.C12H17N3O.C7H13NO.C5H3BrN2O2/c16-15(17)11-2-1-10(7-13-11)14-5-3-12(4-6-14)8-18-9-12;13-11-2-1-10(7-14-11)15-5-3-12(4-6-15)8-16-9-12;1-3-8-4-2-7(1)5-9-6-7;6-4-1-2-5(7-3-4)8(9)10/h1-2,7H,3-6,8-9H2;1-2,7H,3-6,8-9H2,(H2,13,14);8H,1-6H2;1-3H. The lowest BCUT2D eigenvalue weighted by Gasteiger charge is -2.47. The molecule has 0 amide bonds. The van der Waals surface area contributed by atoms with Gasteiger partial charge in [-0.3, -0.25) is 0 Å². The van der Waals surface area contributed by atoms with Crippen LogP contribution in [0.3, 0.4) is 0 Å². The molecule has 0 atom stereocenters. The van der Waals surface area contributed by atoms with Crippen molar-refractivity contribution in [2.75, 3.05) is 94.4 Å². The lowest BCUT2D eigenvalue weighted by molar-refractivity contribution is -0.389. The maximum absolute atomic E-state index is 10.5. The number of aromatic nitrogens is 3. The van der Waals surface area contributed by atoms with Crippen LogP contribution in [0.15, 0.2) is 59.5 Å². The van der Waals surface area contributed by atoms with E-state index in [2.05, 4.69) is 52.1 Å². The largest absolute Gasteiger partial charge is 0.384 e. The monoisotopic (exact) mass is 797 g/mol. The zero-order chi connectivity index (χ0) is 37.3. The van der Waals surface area contributed by atoms with Gasteiger partial charge in [0, 0.05) is 54.6 Å². The molecule has 0 unspecified atom stereocenters. The summed E-state index contributed by atoms with van der Waals surface area (Å²) in [6, 6.07) is 10.1. The third-order valence-electron chi connectivity index (χ3n) is 11.1. The van der Waals surface area contributed by atoms with E-state index >= 15 is 0 Å². The van der Waals surface area contributed by atoms with Gasteiger partial charge in [-0.15, -0.1) is 0 Å². The Bertz CT molecular complexity index is 1630. The predicted octanol–water partition coefficient (Wildman–Crippen LogP) is 5.03. The maximum Gasteiger partial charge on any atom is 0.363 e. The molecular formula is C36H48BrN9O7. The second kappa shape index (κ2) is 17.4. The molecule has 0 radical (unpaired) electrons. The van der Waals surface area contributed by atoms with Crippen molar-refractivity contribution in [3.63, 3.8) is 0 Å². The molecule has 0 saturated carbocycles. The zero-order valence-corrected chi connectivity index (χ0v) is 31.5. The van der Waals surface area contributed by atoms with Crippen molar-refractivity contribution >= 4 is 44.8 Å². The normalized spacial score (nSPS) is 21.5. The summed E-state index contributed by atoms with van der Waals surface area (Å²) in [4.78, 5) is 35.7. The number of nitro groups is 2. The number of halogens is 1. The number of pyridine rings is 3. The van der Waals surface area contributed by atoms with E-state index in [1.807, 2.05) is 12.3 Å². The second-order valence-electron chi connectivity index (χ2n) is 14.9. The Balaban J connectivity index is 0.000000126. The molecule has 3 aromatic rings. The van der Waals surface area contributed by atoms with Crippen LogP contribution in [0.25, 0.3) is 0 Å². The molecule has 286 valence electrons. The Labute approximate surface area is 317 Å². The second-order valence-corrected chi connectivity index (χ2v) is 15.8. The van der Waals surface area contributed by atoms with Gasteiger partial charge in [-0.2, -0.15) is 0 Å². The Morgan fingerprint density at radius 2 is 1.04 bits per heavy atom. The van der Waals surface area contributed by atoms with E-state index in [4.69, 9.17) is 19.9 Å². The number of anilines is 3. The highest BCUT2D eigenvalue weighted by Crippen LogP contribution is 2.40. The molecule has 6 aliphatic heterocycles. The Kier molecular flexibility index (Phi) is 12.7. The first-order valence-corrected chi connectivity index (χ1v) is 18.9. The first-order valence-electron chi connectivity index (χ1n) is 18.1. The molecule has 3 N–H and O–H groups in total. The zero-order valence-electron chi connectivity index (χ0n) is 29.9. The summed E-state index contributed by atoms with van der Waals surface area (Å²) in [6.45, 7) is 12.3. The molecule has 6 aliphatic rings. The van der Waals surface area contributed by atoms with E-state index in [9.17, 15) is 20.2 Å². The molecule has 6 fully saturated rings. The van der Waals surface area contributed by atoms with Gasteiger partial charge in [0.25, 0.3) is 0 Å². The summed E-state index contributed by atoms with van der Waals surface area (Å²) in [7, 11) is 0. The number of hydrogen-bond donors (Lipinski definition) is 2. The van der Waals surface area contributed by atoms with Crippen LogP contribution in [0.2, 0.25) is 0 Å². The quantitative estimate of drug-likeness (QED) is 0.263. The van der Waals surface area contributed by atoms with E-state index in [0.29, 0.717) is 22.1 Å². The van der Waals surface area contributed by atoms with Crippen LogP contribution in [0, 0.1) is 36.5 Å². The molecule has 9 rings (SSSR count). The fourth-order valence-electron chi connectivity index (χ4n) is 7.21. The highest BCUT2D eigenvalue weighted by atomic mass is 79.9. The molecule has 9 heterocycles. The van der Waals surface area contributed by atoms with Crippen molar-refractivity contribution in [2.45, 2.75) is 38.5 Å². The Morgan fingerprint density at radius 1 is 0.623 bits per heavy atom. The van der Waals surface area contributed by atoms with Gasteiger partial charge >= 0.3 is 11.6 Å². The number of rotatable bonds is 4. The lowest BCUT2D eigenvalue weighted by Crippen LogP contribution is -2.50. The van der Waals surface area contributed by atoms with Crippen LogP contribution in [0.1, 0.15) is 38.5 Å². The van der Waals surface area contributed by atoms with Crippen molar-refractivity contribution in [2.24, 2.45) is 16.2 Å². The molecular weight excluding hydrogens is 750 g/mol. The summed E-state index contributed by atoms with van der Waals surface area (Å²) in [5, 5.41) is 23.9. The Hall–Kier alpha value is -4.03. The number of hydrogen-bond acceptors (Lipinski definition) is 14. The van der Waals surface area contributed by atoms with Gasteiger partial charge in [0.1, 0.15) is 5.82 Å². The summed E-state index contributed by atoms with van der Waals surface area (Å²) in [5.74, 6) is 0.354. The molecule has 16 nitrogen and oxygen atoms in total. The molecule has 17 heteroatoms. The summed E-state index contributed by atoms with van der Waals surface area (Å²) in [5.41, 5.74) is 9.26. The van der Waals surface area contributed by atoms with Crippen LogP contribution in [-0.2, 0) is 14.2 Å². The van der Waals surface area contributed by atoms with Crippen LogP contribution in [0.4, 0.5) is 28.8 Å². The van der Waals surface area contributed by atoms with Crippen molar-refractivity contribution in [1.82, 2.24) is 20.3 Å². The van der Waals surface area contributed by atoms with E-state index in [-0.39, 0.29) is 11.6 Å². The molecule has 0 aromatic carbocycles. The van der Waals surface area contributed by atoms with Crippen molar-refractivity contribution < 1.29 is 24.1 Å². The highest BCUT2D eigenvalue weighted by Gasteiger charge is 2.42. The summed E-state index contributed by atoms with van der Waals surface area (Å²) in [6.07, 6.45) is 12.2. The predicted molar refractivity (Wildman–Crippen MR) is 203 cm³/mol. The average Bonchev–Trinajstić information content (AvgIpc) is 3.15. The van der Waals surface area contributed by atoms with Gasteiger partial charge in [0.2, 0.25) is 0 Å². The summed E-state index contributed by atoms with van der Waals surface area (Å²) >= 11 is 3.11. The van der Waals surface area contributed by atoms with Gasteiger partial charge in [-0.1, -0.05) is 0 Å². The number of nitrogen functional groups attached to an aromatic ring is 1. The maximum atomic E-state index is 10.5. The lowest BCUT2D eigenvalue weighted by atomic mass is 9.77. The topological polar surface area (TPSA) is 197 Å². The van der Waals surface area contributed by atoms with E-state index in [1.54, 1.807) is 18.3 Å². The van der Waals surface area contributed by atoms with E-state index in [1.165, 1.54) is 62.8 Å². The molecule has 0 bridgehead atoms. The number of ether oxygens (including phenoxy) is 3. The average molecular weight is 799 g/mol. The van der Waals surface area contributed by atoms with Crippen LogP contribution < -0.4 is 20.9 Å². The highest BCUT2D eigenvalue weighted by molar-refractivity contribution is 9.10. The third kappa shape index (κ3) is 10.1. The first-order chi connectivity index (χ1) is 25.6. The number of piperidine rings is 3. The van der Waals surface area contributed by atoms with Gasteiger partial charge in [-0.05, 0) is 112 Å². The molecule has 53 heavy (non-hydrogen) atoms. The minimum atomic E-state index is -0.535. The van der Waals surface area contributed by atoms with Gasteiger partial charge in [-0.25, -0.2) is 4.98 Å². The SMILES string of the molecule is C1CC2(CCN1)COC2.Nc1ccc(N2CCC3(CC2)COC3)cn1.O=[N+]([O-])c1ccc(Br)cn1.O=[N+]([O-])c1ccc(N2CCC3(CC2)COC3)cn1. The third-order valence-corrected chi connectivity index (χ3v) is 11.6. The van der Waals surface area contributed by atoms with Gasteiger partial charge < -0.3 is 55.3 Å². The molecule has 6 saturated heterocycles. The molecule has 3 spiro atoms. The number of nitrogens with zero attached hydrogens (tertiary/aromatic N) is 7. The minimum Gasteiger partial charge on any atom is -0.384 e. The van der Waals surface area contributed by atoms with Gasteiger partial charge in [0.15, 0.2) is 12.4 Å². The van der Waals surface area contributed by atoms with Crippen molar-refractivity contribution in [1.29, 1.82) is 0 Å². The fourth-order valence-corrected chi connectivity index (χ4v) is 7.44. The number of nitrogens with two attached hydrogens (primary N) is 1. The van der Waals surface area contributed by atoms with Crippen LogP contribution in [0.5, 0.6) is 0 Å². The smallest absolute Gasteiger partial charge is 0.363 e. The fraction of sp³-hybridized carbons (Fsp3) is 0.583. The van der Waals surface area contributed by atoms with Crippen molar-refractivity contribution in [3.8, 4) is 0 Å².